The summed E-state index contributed by atoms with van der Waals surface area (Å²) in [5, 5.41) is 16.9. The molecule has 3 heterocycles. The topological polar surface area (TPSA) is 152 Å². The number of aromatic nitrogens is 1. The van der Waals surface area contributed by atoms with Crippen LogP contribution in [0.15, 0.2) is 57.8 Å². The zero-order valence-electron chi connectivity index (χ0n) is 24.2. The van der Waals surface area contributed by atoms with E-state index in [2.05, 4.69) is 15.6 Å². The SMILES string of the molecule is CNc1nc2ccc(S(=O)(=O)N(CC(C)C)C[C@@H](O)[C@H](Cc3ccccc3)NC(=O)O[C@H]3CO[C@H]4OC[C@H](F)[C@H]43)cc2o1. The molecule has 1 aromatic heterocycles. The quantitative estimate of drug-likeness (QED) is 0.276. The van der Waals surface area contributed by atoms with Gasteiger partial charge in [0.15, 0.2) is 11.9 Å². The molecule has 1 amide bonds. The molecule has 3 N–H and O–H groups in total. The molecule has 5 rings (SSSR count). The molecular weight excluding hydrogens is 583 g/mol. The zero-order chi connectivity index (χ0) is 30.7. The lowest BCUT2D eigenvalue weighted by atomic mass is 10.0. The van der Waals surface area contributed by atoms with Crippen molar-refractivity contribution in [2.24, 2.45) is 11.8 Å². The van der Waals surface area contributed by atoms with Crippen molar-refractivity contribution in [3.63, 3.8) is 0 Å². The van der Waals surface area contributed by atoms with Crippen LogP contribution in [0.3, 0.4) is 0 Å². The highest BCUT2D eigenvalue weighted by molar-refractivity contribution is 7.89. The molecule has 0 radical (unpaired) electrons. The van der Waals surface area contributed by atoms with Crippen LogP contribution in [0.25, 0.3) is 11.1 Å². The molecule has 2 aromatic carbocycles. The lowest BCUT2D eigenvalue weighted by Crippen LogP contribution is -2.52. The molecule has 2 fully saturated rings. The number of fused-ring (bicyclic) bond motifs is 2. The first-order chi connectivity index (χ1) is 20.5. The van der Waals surface area contributed by atoms with Crippen LogP contribution >= 0.6 is 0 Å². The number of carbonyl (C=O) groups excluding carboxylic acids is 1. The maximum absolute atomic E-state index is 14.3. The van der Waals surface area contributed by atoms with Crippen LogP contribution < -0.4 is 10.6 Å². The molecule has 0 unspecified atom stereocenters. The number of nitrogens with zero attached hydrogens (tertiary/aromatic N) is 2. The lowest BCUT2D eigenvalue weighted by Gasteiger charge is -2.31. The van der Waals surface area contributed by atoms with Gasteiger partial charge in [-0.25, -0.2) is 17.6 Å². The highest BCUT2D eigenvalue weighted by atomic mass is 32.2. The molecule has 6 atom stereocenters. The molecule has 3 aromatic rings. The average Bonchev–Trinajstić information content (AvgIpc) is 3.68. The minimum Gasteiger partial charge on any atom is -0.443 e. The third-order valence-corrected chi connectivity index (χ3v) is 9.33. The van der Waals surface area contributed by atoms with E-state index in [1.165, 1.54) is 16.4 Å². The molecule has 234 valence electrons. The Morgan fingerprint density at radius 1 is 1.16 bits per heavy atom. The second kappa shape index (κ2) is 13.1. The van der Waals surface area contributed by atoms with Gasteiger partial charge in [0.1, 0.15) is 17.8 Å². The van der Waals surface area contributed by atoms with Gasteiger partial charge in [0, 0.05) is 26.2 Å². The molecule has 43 heavy (non-hydrogen) atoms. The Kier molecular flexibility index (Phi) is 9.51. The maximum atomic E-state index is 14.3. The summed E-state index contributed by atoms with van der Waals surface area (Å²) in [7, 11) is -2.46. The van der Waals surface area contributed by atoms with Gasteiger partial charge in [-0.15, -0.1) is 0 Å². The first-order valence-corrected chi connectivity index (χ1v) is 15.6. The van der Waals surface area contributed by atoms with Crippen LogP contribution in [0.4, 0.5) is 15.2 Å². The fraction of sp³-hybridized carbons (Fsp3) is 0.517. The van der Waals surface area contributed by atoms with Gasteiger partial charge in [-0.1, -0.05) is 44.2 Å². The van der Waals surface area contributed by atoms with E-state index in [4.69, 9.17) is 18.6 Å². The first-order valence-electron chi connectivity index (χ1n) is 14.2. The van der Waals surface area contributed by atoms with Gasteiger partial charge in [-0.05, 0) is 30.0 Å². The third-order valence-electron chi connectivity index (χ3n) is 7.50. The molecule has 12 nitrogen and oxygen atoms in total. The molecule has 2 aliphatic heterocycles. The summed E-state index contributed by atoms with van der Waals surface area (Å²) in [5.41, 5.74) is 1.59. The summed E-state index contributed by atoms with van der Waals surface area (Å²) in [5.74, 6) is -0.809. The van der Waals surface area contributed by atoms with Gasteiger partial charge in [-0.3, -0.25) is 0 Å². The number of alkyl carbamates (subject to hydrolysis) is 1. The van der Waals surface area contributed by atoms with Gasteiger partial charge >= 0.3 is 6.09 Å². The summed E-state index contributed by atoms with van der Waals surface area (Å²) in [6.45, 7) is 3.39. The van der Waals surface area contributed by atoms with Gasteiger partial charge in [0.2, 0.25) is 10.0 Å². The van der Waals surface area contributed by atoms with Crippen molar-refractivity contribution in [3.8, 4) is 0 Å². The zero-order valence-corrected chi connectivity index (χ0v) is 25.0. The number of halogens is 1. The van der Waals surface area contributed by atoms with Crippen LogP contribution in [0.2, 0.25) is 0 Å². The van der Waals surface area contributed by atoms with Gasteiger partial charge in [-0.2, -0.15) is 9.29 Å². The number of carbonyl (C=O) groups is 1. The van der Waals surface area contributed by atoms with Crippen LogP contribution in [0.1, 0.15) is 19.4 Å². The molecule has 2 aliphatic rings. The number of nitrogens with one attached hydrogen (secondary N) is 2. The Morgan fingerprint density at radius 3 is 2.63 bits per heavy atom. The normalized spacial score (nSPS) is 23.4. The summed E-state index contributed by atoms with van der Waals surface area (Å²) in [6.07, 6.45) is -4.97. The Bertz CT molecular complexity index is 1500. The van der Waals surface area contributed by atoms with E-state index in [1.807, 2.05) is 44.2 Å². The Balaban J connectivity index is 1.35. The van der Waals surface area contributed by atoms with Crippen molar-refractivity contribution in [2.45, 2.75) is 55.9 Å². The predicted octanol–water partition coefficient (Wildman–Crippen LogP) is 2.92. The number of aliphatic hydroxyl groups is 1. The fourth-order valence-electron chi connectivity index (χ4n) is 5.37. The van der Waals surface area contributed by atoms with Crippen LogP contribution in [-0.4, -0.2) is 93.0 Å². The van der Waals surface area contributed by atoms with Crippen molar-refractivity contribution in [3.05, 3.63) is 54.1 Å². The minimum atomic E-state index is -4.10. The van der Waals surface area contributed by atoms with Crippen molar-refractivity contribution < 1.29 is 41.3 Å². The Labute approximate surface area is 249 Å². The molecule has 14 heteroatoms. The molecule has 0 aliphatic carbocycles. The third kappa shape index (κ3) is 7.10. The number of oxazole rings is 1. The number of sulfonamides is 1. The van der Waals surface area contributed by atoms with Gasteiger partial charge in [0.05, 0.1) is 36.2 Å². The number of rotatable bonds is 12. The molecule has 2 saturated heterocycles. The molecular formula is C29H37FN4O8S. The Hall–Kier alpha value is -3.30. The smallest absolute Gasteiger partial charge is 0.407 e. The van der Waals surface area contributed by atoms with Crippen molar-refractivity contribution in [1.29, 1.82) is 0 Å². The van der Waals surface area contributed by atoms with Crippen molar-refractivity contribution >= 4 is 33.2 Å². The van der Waals surface area contributed by atoms with E-state index in [-0.39, 0.29) is 49.6 Å². The van der Waals surface area contributed by atoms with Crippen LogP contribution in [-0.2, 0) is 30.7 Å². The maximum Gasteiger partial charge on any atom is 0.407 e. The van der Waals surface area contributed by atoms with E-state index in [1.54, 1.807) is 13.1 Å². The molecule has 0 saturated carbocycles. The predicted molar refractivity (Wildman–Crippen MR) is 155 cm³/mol. The second-order valence-corrected chi connectivity index (χ2v) is 13.1. The van der Waals surface area contributed by atoms with E-state index in [9.17, 15) is 22.7 Å². The standard InChI is InChI=1S/C29H37FN4O8S/c1-17(2)13-34(43(37,38)19-9-10-21-24(12-19)41-28(31-3)32-21)14-23(35)22(11-18-7-5-4-6-8-18)33-29(36)42-25-16-40-27-26(25)20(30)15-39-27/h4-10,12,17,20,22-23,25-27,35H,11,13-16H2,1-3H3,(H,31,32)(H,33,36)/t20-,22-,23+,25-,26-,27+/m0/s1. The van der Waals surface area contributed by atoms with Crippen LogP contribution in [0, 0.1) is 11.8 Å². The van der Waals surface area contributed by atoms with Crippen LogP contribution in [0.5, 0.6) is 0 Å². The minimum absolute atomic E-state index is 0.0131. The van der Waals surface area contributed by atoms with E-state index in [0.717, 1.165) is 5.56 Å². The van der Waals surface area contributed by atoms with Gasteiger partial charge in [0.25, 0.3) is 6.01 Å². The summed E-state index contributed by atoms with van der Waals surface area (Å²) in [6, 6.07) is 12.9. The largest absolute Gasteiger partial charge is 0.443 e. The van der Waals surface area contributed by atoms with Gasteiger partial charge < -0.3 is 34.4 Å². The summed E-state index contributed by atoms with van der Waals surface area (Å²) >= 11 is 0. The van der Waals surface area contributed by atoms with Crippen molar-refractivity contribution in [2.75, 3.05) is 38.7 Å². The first kappa shape index (κ1) is 31.1. The number of hydrogen-bond donors (Lipinski definition) is 3. The lowest BCUT2D eigenvalue weighted by molar-refractivity contribution is -0.0909. The number of aliphatic hydroxyl groups excluding tert-OH is 1. The average molecular weight is 621 g/mol. The summed E-state index contributed by atoms with van der Waals surface area (Å²) in [4.78, 5) is 17.2. The monoisotopic (exact) mass is 620 g/mol. The van der Waals surface area contributed by atoms with E-state index in [0.29, 0.717) is 11.1 Å². The highest BCUT2D eigenvalue weighted by Crippen LogP contribution is 2.35. The Morgan fingerprint density at radius 2 is 1.91 bits per heavy atom. The van der Waals surface area contributed by atoms with Crippen molar-refractivity contribution in [1.82, 2.24) is 14.6 Å². The highest BCUT2D eigenvalue weighted by Gasteiger charge is 2.50. The number of anilines is 1. The number of benzene rings is 2. The molecule has 0 spiro atoms. The summed E-state index contributed by atoms with van der Waals surface area (Å²) < 4.78 is 65.0. The number of alkyl halides is 1. The number of amides is 1. The molecule has 0 bridgehead atoms. The second-order valence-electron chi connectivity index (χ2n) is 11.2. The fourth-order valence-corrected chi connectivity index (χ4v) is 7.01. The number of ether oxygens (including phenoxy) is 3. The van der Waals surface area contributed by atoms with E-state index < -0.39 is 52.7 Å². The van der Waals surface area contributed by atoms with E-state index >= 15 is 0 Å². The number of hydrogen-bond acceptors (Lipinski definition) is 10.